The number of anilines is 1. The van der Waals surface area contributed by atoms with Crippen LogP contribution in [-0.2, 0) is 14.4 Å². The van der Waals surface area contributed by atoms with Crippen LogP contribution >= 0.6 is 0 Å². The van der Waals surface area contributed by atoms with Crippen LogP contribution in [0, 0.1) is 5.92 Å². The summed E-state index contributed by atoms with van der Waals surface area (Å²) in [6.45, 7) is 5.00. The monoisotopic (exact) mass is 414 g/mol. The maximum absolute atomic E-state index is 13.4. The van der Waals surface area contributed by atoms with Gasteiger partial charge in [0.2, 0.25) is 17.7 Å². The molecule has 3 atom stereocenters. The van der Waals surface area contributed by atoms with Crippen molar-refractivity contribution < 1.29 is 14.4 Å². The predicted molar refractivity (Wildman–Crippen MR) is 117 cm³/mol. The zero-order valence-corrected chi connectivity index (χ0v) is 18.0. The highest BCUT2D eigenvalue weighted by molar-refractivity contribution is 5.94. The Balaban J connectivity index is 1.81. The number of fused-ring (bicyclic) bond motifs is 1. The summed E-state index contributed by atoms with van der Waals surface area (Å²) in [6.07, 6.45) is 4.78. The molecule has 0 saturated carbocycles. The van der Waals surface area contributed by atoms with Crippen molar-refractivity contribution in [2.75, 3.05) is 18.4 Å². The number of nitrogens with one attached hydrogen (secondary N) is 3. The average Bonchev–Trinajstić information content (AvgIpc) is 3.22. The number of amides is 3. The molecule has 7 heteroatoms. The van der Waals surface area contributed by atoms with E-state index in [4.69, 9.17) is 0 Å². The number of rotatable bonds is 3. The number of benzene rings is 1. The van der Waals surface area contributed by atoms with Crippen molar-refractivity contribution in [3.05, 3.63) is 30.3 Å². The van der Waals surface area contributed by atoms with Crippen molar-refractivity contribution in [3.63, 3.8) is 0 Å². The van der Waals surface area contributed by atoms with E-state index in [0.29, 0.717) is 25.9 Å². The molecular formula is C23H34N4O3. The second-order valence-electron chi connectivity index (χ2n) is 8.62. The zero-order valence-electron chi connectivity index (χ0n) is 18.0. The summed E-state index contributed by atoms with van der Waals surface area (Å²) in [4.78, 5) is 40.7. The molecular weight excluding hydrogens is 380 g/mol. The quantitative estimate of drug-likeness (QED) is 0.708. The van der Waals surface area contributed by atoms with Crippen LogP contribution in [0.2, 0.25) is 0 Å². The summed E-state index contributed by atoms with van der Waals surface area (Å²) in [6, 6.07) is 8.27. The van der Waals surface area contributed by atoms with Gasteiger partial charge in [0.25, 0.3) is 0 Å². The van der Waals surface area contributed by atoms with Crippen LogP contribution in [0.4, 0.5) is 5.69 Å². The fourth-order valence-corrected chi connectivity index (χ4v) is 4.25. The molecule has 2 saturated heterocycles. The maximum Gasteiger partial charge on any atom is 0.245 e. The van der Waals surface area contributed by atoms with Gasteiger partial charge in [-0.25, -0.2) is 0 Å². The zero-order chi connectivity index (χ0) is 21.5. The molecule has 2 fully saturated rings. The van der Waals surface area contributed by atoms with Gasteiger partial charge in [-0.15, -0.1) is 0 Å². The standard InChI is InChI=1S/C23H34N4O3/c1-16(2)20-22(29)24-14-8-4-7-12-18(25-17-10-5-3-6-11-17)23(30)27-15-9-13-19(27)21(28)26-20/h3,5-6,10-11,16,18-20,25H,4,7-9,12-15H2,1-2H3,(H,24,29)(H,26,28)/t18-,19-,20-/m0/s1. The predicted octanol–water partition coefficient (Wildman–Crippen LogP) is 2.29. The Morgan fingerprint density at radius 2 is 1.73 bits per heavy atom. The molecule has 0 unspecified atom stereocenters. The molecule has 1 aromatic carbocycles. The van der Waals surface area contributed by atoms with Crippen LogP contribution in [0.3, 0.4) is 0 Å². The minimum atomic E-state index is -0.587. The van der Waals surface area contributed by atoms with E-state index < -0.39 is 12.1 Å². The molecule has 2 aliphatic heterocycles. The Bertz CT molecular complexity index is 737. The third-order valence-corrected chi connectivity index (χ3v) is 5.97. The first kappa shape index (κ1) is 22.1. The molecule has 0 spiro atoms. The Hall–Kier alpha value is -2.57. The third kappa shape index (κ3) is 5.52. The smallest absolute Gasteiger partial charge is 0.245 e. The highest BCUT2D eigenvalue weighted by Crippen LogP contribution is 2.22. The molecule has 0 bridgehead atoms. The first-order valence-corrected chi connectivity index (χ1v) is 11.2. The summed E-state index contributed by atoms with van der Waals surface area (Å²) >= 11 is 0. The number of carbonyl (C=O) groups is 3. The van der Waals surface area contributed by atoms with Crippen LogP contribution in [0.15, 0.2) is 30.3 Å². The molecule has 3 amide bonds. The van der Waals surface area contributed by atoms with Crippen molar-refractivity contribution >= 4 is 23.4 Å². The van der Waals surface area contributed by atoms with Gasteiger partial charge in [0.1, 0.15) is 18.1 Å². The largest absolute Gasteiger partial charge is 0.374 e. The van der Waals surface area contributed by atoms with E-state index in [9.17, 15) is 14.4 Å². The van der Waals surface area contributed by atoms with Crippen LogP contribution in [0.1, 0.15) is 52.4 Å². The lowest BCUT2D eigenvalue weighted by atomic mass is 10.0. The van der Waals surface area contributed by atoms with Gasteiger partial charge in [0.15, 0.2) is 0 Å². The lowest BCUT2D eigenvalue weighted by Crippen LogP contribution is -2.56. The van der Waals surface area contributed by atoms with Gasteiger partial charge in [0, 0.05) is 18.8 Å². The topological polar surface area (TPSA) is 90.5 Å². The minimum Gasteiger partial charge on any atom is -0.374 e. The molecule has 1 aromatic rings. The molecule has 3 N–H and O–H groups in total. The van der Waals surface area contributed by atoms with Gasteiger partial charge in [-0.2, -0.15) is 0 Å². The van der Waals surface area contributed by atoms with Crippen LogP contribution in [0.5, 0.6) is 0 Å². The van der Waals surface area contributed by atoms with E-state index in [0.717, 1.165) is 31.4 Å². The summed E-state index contributed by atoms with van der Waals surface area (Å²) < 4.78 is 0. The molecule has 2 heterocycles. The third-order valence-electron chi connectivity index (χ3n) is 5.97. The van der Waals surface area contributed by atoms with Crippen molar-refractivity contribution in [1.29, 1.82) is 0 Å². The maximum atomic E-state index is 13.4. The molecule has 7 nitrogen and oxygen atoms in total. The number of carbonyl (C=O) groups excluding carboxylic acids is 3. The molecule has 3 rings (SSSR count). The number of nitrogens with zero attached hydrogens (tertiary/aromatic N) is 1. The second-order valence-corrected chi connectivity index (χ2v) is 8.62. The SMILES string of the molecule is CC(C)[C@@H]1NC(=O)[C@@H]2CCCN2C(=O)[C@@H](Nc2ccccc2)CCCCCNC1=O. The summed E-state index contributed by atoms with van der Waals surface area (Å²) in [5.74, 6) is -0.431. The summed E-state index contributed by atoms with van der Waals surface area (Å²) in [5.41, 5.74) is 0.907. The Morgan fingerprint density at radius 1 is 0.967 bits per heavy atom. The Kier molecular flexibility index (Phi) is 7.71. The lowest BCUT2D eigenvalue weighted by molar-refractivity contribution is -0.140. The Labute approximate surface area is 179 Å². The van der Waals surface area contributed by atoms with Crippen molar-refractivity contribution in [1.82, 2.24) is 15.5 Å². The normalized spacial score (nSPS) is 26.6. The minimum absolute atomic E-state index is 0.0279. The van der Waals surface area contributed by atoms with E-state index >= 15 is 0 Å². The van der Waals surface area contributed by atoms with Gasteiger partial charge >= 0.3 is 0 Å². The van der Waals surface area contributed by atoms with E-state index in [1.54, 1.807) is 4.90 Å². The fourth-order valence-electron chi connectivity index (χ4n) is 4.25. The lowest BCUT2D eigenvalue weighted by Gasteiger charge is -2.31. The van der Waals surface area contributed by atoms with E-state index in [-0.39, 0.29) is 29.7 Å². The van der Waals surface area contributed by atoms with E-state index in [1.807, 2.05) is 44.2 Å². The van der Waals surface area contributed by atoms with E-state index in [1.165, 1.54) is 0 Å². The molecule has 164 valence electrons. The van der Waals surface area contributed by atoms with Crippen molar-refractivity contribution in [3.8, 4) is 0 Å². The van der Waals surface area contributed by atoms with Gasteiger partial charge in [-0.1, -0.05) is 44.9 Å². The van der Waals surface area contributed by atoms with Gasteiger partial charge < -0.3 is 20.9 Å². The number of para-hydroxylation sites is 1. The average molecular weight is 415 g/mol. The fraction of sp³-hybridized carbons (Fsp3) is 0.609. The van der Waals surface area contributed by atoms with Gasteiger partial charge in [-0.05, 0) is 43.7 Å². The first-order valence-electron chi connectivity index (χ1n) is 11.2. The summed E-state index contributed by atoms with van der Waals surface area (Å²) in [7, 11) is 0. The highest BCUT2D eigenvalue weighted by Gasteiger charge is 2.38. The van der Waals surface area contributed by atoms with E-state index in [2.05, 4.69) is 16.0 Å². The second kappa shape index (κ2) is 10.5. The molecule has 30 heavy (non-hydrogen) atoms. The first-order chi connectivity index (χ1) is 14.5. The van der Waals surface area contributed by atoms with Crippen LogP contribution in [-0.4, -0.2) is 53.8 Å². The molecule has 0 aromatic heterocycles. The van der Waals surface area contributed by atoms with Crippen molar-refractivity contribution in [2.24, 2.45) is 5.92 Å². The van der Waals surface area contributed by atoms with Gasteiger partial charge in [0.05, 0.1) is 0 Å². The highest BCUT2D eigenvalue weighted by atomic mass is 16.2. The number of hydrogen-bond donors (Lipinski definition) is 3. The van der Waals surface area contributed by atoms with Crippen LogP contribution in [0.25, 0.3) is 0 Å². The Morgan fingerprint density at radius 3 is 2.47 bits per heavy atom. The number of hydrogen-bond acceptors (Lipinski definition) is 4. The van der Waals surface area contributed by atoms with Gasteiger partial charge in [-0.3, -0.25) is 14.4 Å². The molecule has 2 aliphatic rings. The summed E-state index contributed by atoms with van der Waals surface area (Å²) in [5, 5.41) is 9.25. The molecule has 0 aliphatic carbocycles. The molecule has 0 radical (unpaired) electrons. The van der Waals surface area contributed by atoms with Crippen LogP contribution < -0.4 is 16.0 Å². The van der Waals surface area contributed by atoms with Crippen molar-refractivity contribution in [2.45, 2.75) is 70.5 Å².